The summed E-state index contributed by atoms with van der Waals surface area (Å²) in [5.41, 5.74) is 8.87. The van der Waals surface area contributed by atoms with Crippen LogP contribution in [0.25, 0.3) is 11.5 Å². The molecule has 23 heavy (non-hydrogen) atoms. The van der Waals surface area contributed by atoms with Crippen molar-refractivity contribution in [3.05, 3.63) is 41.8 Å². The van der Waals surface area contributed by atoms with Gasteiger partial charge in [-0.15, -0.1) is 0 Å². The van der Waals surface area contributed by atoms with Crippen molar-refractivity contribution in [2.45, 2.75) is 38.6 Å². The number of aromatic nitrogens is 1. The van der Waals surface area contributed by atoms with E-state index in [1.807, 2.05) is 31.2 Å². The average Bonchev–Trinajstić information content (AvgIpc) is 3.17. The lowest BCUT2D eigenvalue weighted by atomic mass is 10.1. The lowest BCUT2D eigenvalue weighted by Crippen LogP contribution is -2.31. The Bertz CT molecular complexity index is 663. The van der Waals surface area contributed by atoms with Crippen LogP contribution >= 0.6 is 0 Å². The Hall–Kier alpha value is -2.14. The quantitative estimate of drug-likeness (QED) is 0.888. The summed E-state index contributed by atoms with van der Waals surface area (Å²) >= 11 is 0. The zero-order chi connectivity index (χ0) is 16.2. The second-order valence-corrected chi connectivity index (χ2v) is 6.32. The molecule has 2 atom stereocenters. The number of oxazole rings is 1. The third kappa shape index (κ3) is 3.99. The van der Waals surface area contributed by atoms with Gasteiger partial charge in [-0.3, -0.25) is 4.79 Å². The summed E-state index contributed by atoms with van der Waals surface area (Å²) in [7, 11) is 0. The Morgan fingerprint density at radius 2 is 2.13 bits per heavy atom. The fourth-order valence-corrected chi connectivity index (χ4v) is 2.96. The maximum atomic E-state index is 12.0. The maximum Gasteiger partial charge on any atom is 0.226 e. The number of nitrogens with two attached hydrogens (primary N) is 1. The first kappa shape index (κ1) is 15.7. The van der Waals surface area contributed by atoms with Gasteiger partial charge in [0.2, 0.25) is 11.8 Å². The third-order valence-electron chi connectivity index (χ3n) is 4.37. The molecule has 1 aromatic heterocycles. The number of carbonyl (C=O) groups excluding carboxylic acids is 1. The van der Waals surface area contributed by atoms with Gasteiger partial charge in [0.25, 0.3) is 0 Å². The van der Waals surface area contributed by atoms with Crippen LogP contribution in [0.3, 0.4) is 0 Å². The summed E-state index contributed by atoms with van der Waals surface area (Å²) in [6.45, 7) is 2.62. The van der Waals surface area contributed by atoms with Crippen LogP contribution in [0, 0.1) is 12.8 Å². The predicted octanol–water partition coefficient (Wildman–Crippen LogP) is 2.44. The molecule has 1 aliphatic rings. The number of hydrogen-bond acceptors (Lipinski definition) is 4. The molecule has 2 unspecified atom stereocenters. The molecule has 122 valence electrons. The minimum Gasteiger partial charge on any atom is -0.444 e. The number of nitrogens with one attached hydrogen (secondary N) is 1. The second-order valence-electron chi connectivity index (χ2n) is 6.32. The first-order chi connectivity index (χ1) is 11.1. The topological polar surface area (TPSA) is 81.2 Å². The van der Waals surface area contributed by atoms with Gasteiger partial charge in [-0.1, -0.05) is 17.7 Å². The zero-order valence-electron chi connectivity index (χ0n) is 13.4. The van der Waals surface area contributed by atoms with E-state index in [2.05, 4.69) is 10.3 Å². The van der Waals surface area contributed by atoms with E-state index in [9.17, 15) is 4.79 Å². The van der Waals surface area contributed by atoms with Crippen LogP contribution in [0.1, 0.15) is 30.5 Å². The normalized spacial score (nSPS) is 20.6. The molecule has 2 aromatic rings. The Morgan fingerprint density at radius 1 is 1.35 bits per heavy atom. The monoisotopic (exact) mass is 313 g/mol. The highest BCUT2D eigenvalue weighted by molar-refractivity contribution is 5.79. The van der Waals surface area contributed by atoms with E-state index in [0.717, 1.165) is 30.5 Å². The lowest BCUT2D eigenvalue weighted by Gasteiger charge is -2.09. The molecule has 1 saturated carbocycles. The number of nitrogens with zero attached hydrogens (tertiary/aromatic N) is 1. The molecule has 0 bridgehead atoms. The summed E-state index contributed by atoms with van der Waals surface area (Å²) in [6.07, 6.45) is 4.97. The van der Waals surface area contributed by atoms with Crippen LogP contribution in [0.15, 0.2) is 34.9 Å². The smallest absolute Gasteiger partial charge is 0.226 e. The van der Waals surface area contributed by atoms with Crippen LogP contribution in [0.5, 0.6) is 0 Å². The van der Waals surface area contributed by atoms with E-state index in [0.29, 0.717) is 18.9 Å². The Labute approximate surface area is 136 Å². The van der Waals surface area contributed by atoms with Gasteiger partial charge in [-0.05, 0) is 38.3 Å². The molecule has 1 fully saturated rings. The van der Waals surface area contributed by atoms with Crippen molar-refractivity contribution < 1.29 is 9.21 Å². The Kier molecular flexibility index (Phi) is 4.76. The molecule has 5 heteroatoms. The molecule has 0 saturated heterocycles. The second kappa shape index (κ2) is 6.96. The molecule has 1 amide bonds. The molecule has 0 spiro atoms. The summed E-state index contributed by atoms with van der Waals surface area (Å²) in [4.78, 5) is 16.5. The van der Waals surface area contributed by atoms with Crippen LogP contribution in [-0.4, -0.2) is 23.5 Å². The van der Waals surface area contributed by atoms with E-state index in [-0.39, 0.29) is 17.9 Å². The van der Waals surface area contributed by atoms with Crippen molar-refractivity contribution in [1.82, 2.24) is 10.3 Å². The van der Waals surface area contributed by atoms with Crippen molar-refractivity contribution in [3.8, 4) is 11.5 Å². The minimum absolute atomic E-state index is 0.0745. The molecule has 0 aliphatic heterocycles. The van der Waals surface area contributed by atoms with E-state index in [1.165, 1.54) is 5.56 Å². The van der Waals surface area contributed by atoms with Gasteiger partial charge in [0.15, 0.2) is 0 Å². The number of amides is 1. The molecule has 5 nitrogen and oxygen atoms in total. The molecular weight excluding hydrogens is 290 g/mol. The van der Waals surface area contributed by atoms with Gasteiger partial charge >= 0.3 is 0 Å². The SMILES string of the molecule is Cc1ccc(-c2nc(CCNC(=O)C3CCC(N)C3)co2)cc1. The first-order valence-corrected chi connectivity index (χ1v) is 8.16. The minimum atomic E-state index is 0.0745. The van der Waals surface area contributed by atoms with Crippen molar-refractivity contribution in [3.63, 3.8) is 0 Å². The van der Waals surface area contributed by atoms with Gasteiger partial charge in [-0.2, -0.15) is 0 Å². The molecular formula is C18H23N3O2. The third-order valence-corrected chi connectivity index (χ3v) is 4.37. The number of rotatable bonds is 5. The molecule has 0 radical (unpaired) electrons. The average molecular weight is 313 g/mol. The summed E-state index contributed by atoms with van der Waals surface area (Å²) in [6, 6.07) is 8.24. The molecule has 1 heterocycles. The maximum absolute atomic E-state index is 12.0. The highest BCUT2D eigenvalue weighted by atomic mass is 16.3. The van der Waals surface area contributed by atoms with Crippen molar-refractivity contribution in [2.75, 3.05) is 6.54 Å². The lowest BCUT2D eigenvalue weighted by molar-refractivity contribution is -0.124. The number of aryl methyl sites for hydroxylation is 1. The number of hydrogen-bond donors (Lipinski definition) is 2. The van der Waals surface area contributed by atoms with E-state index in [1.54, 1.807) is 6.26 Å². The Balaban J connectivity index is 1.49. The molecule has 1 aliphatic carbocycles. The van der Waals surface area contributed by atoms with E-state index >= 15 is 0 Å². The van der Waals surface area contributed by atoms with Crippen LogP contribution in [0.2, 0.25) is 0 Å². The van der Waals surface area contributed by atoms with Gasteiger partial charge in [-0.25, -0.2) is 4.98 Å². The summed E-state index contributed by atoms with van der Waals surface area (Å²) in [5.74, 6) is 0.804. The van der Waals surface area contributed by atoms with Crippen LogP contribution < -0.4 is 11.1 Å². The molecule has 3 N–H and O–H groups in total. The van der Waals surface area contributed by atoms with E-state index in [4.69, 9.17) is 10.2 Å². The van der Waals surface area contributed by atoms with Crippen LogP contribution in [-0.2, 0) is 11.2 Å². The fourth-order valence-electron chi connectivity index (χ4n) is 2.96. The van der Waals surface area contributed by atoms with Gasteiger partial charge in [0.1, 0.15) is 6.26 Å². The summed E-state index contributed by atoms with van der Waals surface area (Å²) < 4.78 is 5.52. The highest BCUT2D eigenvalue weighted by Gasteiger charge is 2.27. The van der Waals surface area contributed by atoms with Crippen molar-refractivity contribution >= 4 is 5.91 Å². The standard InChI is InChI=1S/C18H23N3O2/c1-12-2-4-13(5-3-12)18-21-16(11-23-18)8-9-20-17(22)14-6-7-15(19)10-14/h2-5,11,14-15H,6-10,19H2,1H3,(H,20,22). The highest BCUT2D eigenvalue weighted by Crippen LogP contribution is 2.24. The number of benzene rings is 1. The largest absolute Gasteiger partial charge is 0.444 e. The van der Waals surface area contributed by atoms with Crippen molar-refractivity contribution in [2.24, 2.45) is 11.7 Å². The van der Waals surface area contributed by atoms with Crippen LogP contribution in [0.4, 0.5) is 0 Å². The fraction of sp³-hybridized carbons (Fsp3) is 0.444. The van der Waals surface area contributed by atoms with Gasteiger partial charge < -0.3 is 15.5 Å². The van der Waals surface area contributed by atoms with E-state index < -0.39 is 0 Å². The number of carbonyl (C=O) groups is 1. The zero-order valence-corrected chi connectivity index (χ0v) is 13.4. The van der Waals surface area contributed by atoms with Gasteiger partial charge in [0.05, 0.1) is 5.69 Å². The Morgan fingerprint density at radius 3 is 2.83 bits per heavy atom. The first-order valence-electron chi connectivity index (χ1n) is 8.16. The molecule has 1 aromatic carbocycles. The van der Waals surface area contributed by atoms with Gasteiger partial charge in [0, 0.05) is 30.5 Å². The summed E-state index contributed by atoms with van der Waals surface area (Å²) in [5, 5.41) is 2.97. The predicted molar refractivity (Wildman–Crippen MR) is 88.7 cm³/mol. The van der Waals surface area contributed by atoms with Crippen molar-refractivity contribution in [1.29, 1.82) is 0 Å². The molecule has 3 rings (SSSR count).